The highest BCUT2D eigenvalue weighted by atomic mass is 32.2. The maximum absolute atomic E-state index is 12.8. The van der Waals surface area contributed by atoms with Crippen LogP contribution in [0.3, 0.4) is 0 Å². The Hall–Kier alpha value is -2.51. The maximum Gasteiger partial charge on any atom is 0.249 e. The van der Waals surface area contributed by atoms with Gasteiger partial charge in [-0.1, -0.05) is 31.0 Å². The number of benzene rings is 1. The molecule has 0 unspecified atom stereocenters. The lowest BCUT2D eigenvalue weighted by molar-refractivity contribution is -0.111. The van der Waals surface area contributed by atoms with E-state index in [0.717, 1.165) is 36.9 Å². The highest BCUT2D eigenvalue weighted by Gasteiger charge is 2.24. The molecule has 1 N–H and O–H groups in total. The molecule has 1 fully saturated rings. The molecule has 1 saturated heterocycles. The second-order valence-corrected chi connectivity index (χ2v) is 8.81. The lowest BCUT2D eigenvalue weighted by Gasteiger charge is -2.19. The molecule has 3 rings (SSSR count). The predicted octanol–water partition coefficient (Wildman–Crippen LogP) is 3.61. The van der Waals surface area contributed by atoms with Crippen LogP contribution in [0.5, 0.6) is 0 Å². The van der Waals surface area contributed by atoms with E-state index in [1.165, 1.54) is 6.08 Å². The predicted molar refractivity (Wildman–Crippen MR) is 110 cm³/mol. The van der Waals surface area contributed by atoms with Crippen LogP contribution in [-0.2, 0) is 14.8 Å². The van der Waals surface area contributed by atoms with Gasteiger partial charge in [0.2, 0.25) is 15.9 Å². The molecule has 1 aromatic heterocycles. The molecule has 0 radical (unpaired) electrons. The fourth-order valence-electron chi connectivity index (χ4n) is 3.13. The summed E-state index contributed by atoms with van der Waals surface area (Å²) in [7, 11) is -3.46. The normalized spacial score (nSPS) is 16.0. The van der Waals surface area contributed by atoms with E-state index in [1.807, 2.05) is 19.1 Å². The van der Waals surface area contributed by atoms with E-state index in [0.29, 0.717) is 23.8 Å². The Labute approximate surface area is 166 Å². The number of amides is 1. The number of carbonyl (C=O) groups excluding carboxylic acids is 1. The van der Waals surface area contributed by atoms with Gasteiger partial charge in [-0.05, 0) is 55.7 Å². The van der Waals surface area contributed by atoms with Crippen LogP contribution >= 0.6 is 0 Å². The molecule has 0 aliphatic carbocycles. The number of nitrogens with zero attached hydrogens (tertiary/aromatic N) is 2. The average Bonchev–Trinajstić information content (AvgIpc) is 2.97. The molecule has 0 saturated carbocycles. The molecule has 1 aliphatic rings. The SMILES string of the molecule is Cc1cccc(NC(=O)/C=C/c2ccc(S(=O)(=O)N3CCCCCC3)cc2)n1. The van der Waals surface area contributed by atoms with Crippen LogP contribution in [0.2, 0.25) is 0 Å². The zero-order chi connectivity index (χ0) is 20.0. The van der Waals surface area contributed by atoms with Crippen LogP contribution in [0.1, 0.15) is 36.9 Å². The smallest absolute Gasteiger partial charge is 0.249 e. The van der Waals surface area contributed by atoms with Crippen LogP contribution in [0, 0.1) is 6.92 Å². The summed E-state index contributed by atoms with van der Waals surface area (Å²) >= 11 is 0. The molecule has 0 spiro atoms. The van der Waals surface area contributed by atoms with E-state index >= 15 is 0 Å². The van der Waals surface area contributed by atoms with Crippen molar-refractivity contribution >= 4 is 27.8 Å². The van der Waals surface area contributed by atoms with Crippen LogP contribution in [0.15, 0.2) is 53.4 Å². The van der Waals surface area contributed by atoms with Crippen molar-refractivity contribution in [2.45, 2.75) is 37.5 Å². The Bertz CT molecular complexity index is 945. The summed E-state index contributed by atoms with van der Waals surface area (Å²) in [5.74, 6) is 0.202. The lowest BCUT2D eigenvalue weighted by atomic mass is 10.2. The zero-order valence-electron chi connectivity index (χ0n) is 16.0. The molecule has 1 amide bonds. The summed E-state index contributed by atoms with van der Waals surface area (Å²) in [4.78, 5) is 16.5. The maximum atomic E-state index is 12.8. The van der Waals surface area contributed by atoms with Gasteiger partial charge in [-0.2, -0.15) is 4.31 Å². The number of carbonyl (C=O) groups is 1. The van der Waals surface area contributed by atoms with E-state index in [1.54, 1.807) is 40.7 Å². The first-order valence-electron chi connectivity index (χ1n) is 9.48. The number of nitrogens with one attached hydrogen (secondary N) is 1. The molecule has 1 aromatic carbocycles. The minimum Gasteiger partial charge on any atom is -0.307 e. The molecule has 1 aliphatic heterocycles. The third kappa shape index (κ3) is 5.27. The van der Waals surface area contributed by atoms with Gasteiger partial charge in [0.15, 0.2) is 0 Å². The van der Waals surface area contributed by atoms with Crippen molar-refractivity contribution in [3.8, 4) is 0 Å². The Kier molecular flexibility index (Phi) is 6.59. The number of rotatable bonds is 5. The Morgan fingerprint density at radius 3 is 2.36 bits per heavy atom. The van der Waals surface area contributed by atoms with Gasteiger partial charge < -0.3 is 5.32 Å². The van der Waals surface area contributed by atoms with E-state index in [9.17, 15) is 13.2 Å². The largest absolute Gasteiger partial charge is 0.307 e. The topological polar surface area (TPSA) is 79.4 Å². The number of hydrogen-bond acceptors (Lipinski definition) is 4. The second-order valence-electron chi connectivity index (χ2n) is 6.87. The third-order valence-corrected chi connectivity index (χ3v) is 6.56. The minimum absolute atomic E-state index is 0.292. The van der Waals surface area contributed by atoms with Crippen LogP contribution < -0.4 is 5.32 Å². The van der Waals surface area contributed by atoms with E-state index < -0.39 is 10.0 Å². The van der Waals surface area contributed by atoms with Crippen LogP contribution in [0.25, 0.3) is 6.08 Å². The van der Waals surface area contributed by atoms with Gasteiger partial charge in [-0.15, -0.1) is 0 Å². The highest BCUT2D eigenvalue weighted by molar-refractivity contribution is 7.89. The number of sulfonamides is 1. The second kappa shape index (κ2) is 9.12. The summed E-state index contributed by atoms with van der Waals surface area (Å²) in [6.45, 7) is 3.01. The lowest BCUT2D eigenvalue weighted by Crippen LogP contribution is -2.31. The van der Waals surface area contributed by atoms with Crippen molar-refractivity contribution in [3.05, 3.63) is 59.8 Å². The molecule has 0 atom stereocenters. The molecule has 2 heterocycles. The van der Waals surface area contributed by atoms with Crippen molar-refractivity contribution in [2.75, 3.05) is 18.4 Å². The van der Waals surface area contributed by atoms with Gasteiger partial charge in [0.25, 0.3) is 0 Å². The molecular weight excluding hydrogens is 374 g/mol. The van der Waals surface area contributed by atoms with Crippen LogP contribution in [0.4, 0.5) is 5.82 Å². The first-order chi connectivity index (χ1) is 13.4. The van der Waals surface area contributed by atoms with E-state index in [2.05, 4.69) is 10.3 Å². The monoisotopic (exact) mass is 399 g/mol. The van der Waals surface area contributed by atoms with E-state index in [4.69, 9.17) is 0 Å². The van der Waals surface area contributed by atoms with Gasteiger partial charge in [0.05, 0.1) is 4.90 Å². The van der Waals surface area contributed by atoms with Crippen molar-refractivity contribution in [1.82, 2.24) is 9.29 Å². The molecule has 148 valence electrons. The van der Waals surface area contributed by atoms with Gasteiger partial charge in [-0.25, -0.2) is 13.4 Å². The molecule has 7 heteroatoms. The number of aromatic nitrogens is 1. The Balaban J connectivity index is 1.65. The first-order valence-corrected chi connectivity index (χ1v) is 10.9. The van der Waals surface area contributed by atoms with E-state index in [-0.39, 0.29) is 5.91 Å². The van der Waals surface area contributed by atoms with Gasteiger partial charge in [0, 0.05) is 24.9 Å². The quantitative estimate of drug-likeness (QED) is 0.779. The van der Waals surface area contributed by atoms with Crippen LogP contribution in [-0.4, -0.2) is 36.7 Å². The summed E-state index contributed by atoms with van der Waals surface area (Å²) in [6, 6.07) is 12.0. The molecule has 2 aromatic rings. The van der Waals surface area contributed by atoms with Gasteiger partial charge in [-0.3, -0.25) is 4.79 Å². The zero-order valence-corrected chi connectivity index (χ0v) is 16.8. The summed E-state index contributed by atoms with van der Waals surface area (Å²) < 4.78 is 27.1. The number of aryl methyl sites for hydroxylation is 1. The van der Waals surface area contributed by atoms with Gasteiger partial charge >= 0.3 is 0 Å². The highest BCUT2D eigenvalue weighted by Crippen LogP contribution is 2.21. The summed E-state index contributed by atoms with van der Waals surface area (Å²) in [5, 5.41) is 2.70. The molecule has 0 bridgehead atoms. The van der Waals surface area contributed by atoms with Crippen molar-refractivity contribution in [2.24, 2.45) is 0 Å². The Morgan fingerprint density at radius 1 is 1.04 bits per heavy atom. The standard InChI is InChI=1S/C21H25N3O3S/c1-17-7-6-8-20(22-17)23-21(25)14-11-18-9-12-19(13-10-18)28(26,27)24-15-4-2-3-5-16-24/h6-14H,2-5,15-16H2,1H3,(H,22,23,25)/b14-11+. The summed E-state index contributed by atoms with van der Waals surface area (Å²) in [6.07, 6.45) is 7.03. The fraction of sp³-hybridized carbons (Fsp3) is 0.333. The average molecular weight is 400 g/mol. The molecule has 28 heavy (non-hydrogen) atoms. The first kappa shape index (κ1) is 20.2. The molecule has 6 nitrogen and oxygen atoms in total. The number of anilines is 1. The fourth-order valence-corrected chi connectivity index (χ4v) is 4.65. The molecular formula is C21H25N3O3S. The number of hydrogen-bond donors (Lipinski definition) is 1. The number of pyridine rings is 1. The summed E-state index contributed by atoms with van der Waals surface area (Å²) in [5.41, 5.74) is 1.57. The van der Waals surface area contributed by atoms with Crippen molar-refractivity contribution in [1.29, 1.82) is 0 Å². The minimum atomic E-state index is -3.46. The van der Waals surface area contributed by atoms with Gasteiger partial charge in [0.1, 0.15) is 5.82 Å². The Morgan fingerprint density at radius 2 is 1.71 bits per heavy atom. The van der Waals surface area contributed by atoms with Crippen molar-refractivity contribution in [3.63, 3.8) is 0 Å². The third-order valence-electron chi connectivity index (χ3n) is 4.65. The van der Waals surface area contributed by atoms with Crippen molar-refractivity contribution < 1.29 is 13.2 Å².